The number of imide groups is 1. The van der Waals surface area contributed by atoms with Crippen LogP contribution in [0.25, 0.3) is 0 Å². The number of aromatic nitrogens is 2. The summed E-state index contributed by atoms with van der Waals surface area (Å²) in [5.74, 6) is -0.897. The molecule has 1 aromatic carbocycles. The minimum atomic E-state index is -0.332. The maximum Gasteiger partial charge on any atom is 0.261 e. The fourth-order valence-electron chi connectivity index (χ4n) is 2.82. The molecule has 0 saturated heterocycles. The van der Waals surface area contributed by atoms with E-state index in [-0.39, 0.29) is 23.8 Å². The minimum absolute atomic E-state index is 0.168. The Hall–Kier alpha value is -2.96. The van der Waals surface area contributed by atoms with Gasteiger partial charge in [-0.1, -0.05) is 6.92 Å². The number of hydrogen-bond acceptors (Lipinski definition) is 4. The van der Waals surface area contributed by atoms with E-state index in [1.165, 1.54) is 11.0 Å². The molecule has 1 aliphatic rings. The topological polar surface area (TPSA) is 95.2 Å². The quantitative estimate of drug-likeness (QED) is 0.784. The van der Waals surface area contributed by atoms with Gasteiger partial charge >= 0.3 is 0 Å². The van der Waals surface area contributed by atoms with E-state index in [0.717, 1.165) is 5.69 Å². The SMILES string of the molecule is CCC(C)N1C(=O)c2ccc(C(=O)NCCc3cnc[nH]3)cc2C1=O. The summed E-state index contributed by atoms with van der Waals surface area (Å²) in [6.07, 6.45) is 4.61. The Kier molecular flexibility index (Phi) is 4.65. The van der Waals surface area contributed by atoms with Crippen LogP contribution in [0.3, 0.4) is 0 Å². The van der Waals surface area contributed by atoms with Crippen LogP contribution in [-0.2, 0) is 6.42 Å². The van der Waals surface area contributed by atoms with Crippen molar-refractivity contribution in [3.8, 4) is 0 Å². The Labute approximate surface area is 145 Å². The van der Waals surface area contributed by atoms with Crippen molar-refractivity contribution < 1.29 is 14.4 Å². The van der Waals surface area contributed by atoms with Gasteiger partial charge in [-0.05, 0) is 31.5 Å². The predicted molar refractivity (Wildman–Crippen MR) is 91.3 cm³/mol. The van der Waals surface area contributed by atoms with Gasteiger partial charge in [0.05, 0.1) is 17.5 Å². The summed E-state index contributed by atoms with van der Waals surface area (Å²) in [5.41, 5.74) is 1.96. The highest BCUT2D eigenvalue weighted by atomic mass is 16.2. The lowest BCUT2D eigenvalue weighted by atomic mass is 10.1. The summed E-state index contributed by atoms with van der Waals surface area (Å²) >= 11 is 0. The van der Waals surface area contributed by atoms with Crippen LogP contribution in [0.5, 0.6) is 0 Å². The highest BCUT2D eigenvalue weighted by Crippen LogP contribution is 2.26. The van der Waals surface area contributed by atoms with Gasteiger partial charge in [0.15, 0.2) is 0 Å². The van der Waals surface area contributed by atoms with Gasteiger partial charge in [-0.3, -0.25) is 19.3 Å². The number of nitrogens with zero attached hydrogens (tertiary/aromatic N) is 2. The number of rotatable bonds is 6. The minimum Gasteiger partial charge on any atom is -0.352 e. The molecule has 0 saturated carbocycles. The number of nitrogens with one attached hydrogen (secondary N) is 2. The standard InChI is InChI=1S/C18H20N4O3/c1-3-11(2)22-17(24)14-5-4-12(8-15(14)18(22)25)16(23)20-7-6-13-9-19-10-21-13/h4-5,8-11H,3,6-7H2,1-2H3,(H,19,21)(H,20,23). The Bertz CT molecular complexity index is 814. The zero-order valence-corrected chi connectivity index (χ0v) is 14.2. The number of fused-ring (bicyclic) bond motifs is 1. The van der Waals surface area contributed by atoms with Crippen molar-refractivity contribution >= 4 is 17.7 Å². The van der Waals surface area contributed by atoms with E-state index in [1.807, 2.05) is 13.8 Å². The summed E-state index contributed by atoms with van der Waals surface area (Å²) in [6.45, 7) is 4.21. The molecule has 7 nitrogen and oxygen atoms in total. The number of carbonyl (C=O) groups excluding carboxylic acids is 3. The van der Waals surface area contributed by atoms with Crippen LogP contribution in [0.4, 0.5) is 0 Å². The van der Waals surface area contributed by atoms with Gasteiger partial charge in [0.1, 0.15) is 0 Å². The van der Waals surface area contributed by atoms with Crippen molar-refractivity contribution in [1.82, 2.24) is 20.2 Å². The average Bonchev–Trinajstić information content (AvgIpc) is 3.21. The number of carbonyl (C=O) groups is 3. The second-order valence-corrected chi connectivity index (χ2v) is 6.08. The van der Waals surface area contributed by atoms with Crippen molar-refractivity contribution in [3.05, 3.63) is 53.1 Å². The van der Waals surface area contributed by atoms with Crippen LogP contribution in [0.2, 0.25) is 0 Å². The van der Waals surface area contributed by atoms with Crippen LogP contribution in [0.15, 0.2) is 30.7 Å². The van der Waals surface area contributed by atoms with E-state index in [0.29, 0.717) is 36.1 Å². The monoisotopic (exact) mass is 340 g/mol. The molecule has 2 N–H and O–H groups in total. The highest BCUT2D eigenvalue weighted by Gasteiger charge is 2.38. The highest BCUT2D eigenvalue weighted by molar-refractivity contribution is 6.22. The fourth-order valence-corrected chi connectivity index (χ4v) is 2.82. The first-order valence-corrected chi connectivity index (χ1v) is 8.30. The van der Waals surface area contributed by atoms with Crippen molar-refractivity contribution in [1.29, 1.82) is 0 Å². The summed E-state index contributed by atoms with van der Waals surface area (Å²) < 4.78 is 0. The van der Waals surface area contributed by atoms with Gasteiger partial charge < -0.3 is 10.3 Å². The average molecular weight is 340 g/mol. The van der Waals surface area contributed by atoms with E-state index in [9.17, 15) is 14.4 Å². The molecule has 3 rings (SSSR count). The van der Waals surface area contributed by atoms with E-state index in [1.54, 1.807) is 24.7 Å². The van der Waals surface area contributed by atoms with E-state index >= 15 is 0 Å². The summed E-state index contributed by atoms with van der Waals surface area (Å²) in [4.78, 5) is 45.3. The summed E-state index contributed by atoms with van der Waals surface area (Å²) in [7, 11) is 0. The Morgan fingerprint density at radius 3 is 2.72 bits per heavy atom. The Morgan fingerprint density at radius 1 is 1.28 bits per heavy atom. The van der Waals surface area contributed by atoms with Gasteiger partial charge in [0.25, 0.3) is 17.7 Å². The molecule has 2 heterocycles. The number of amides is 3. The van der Waals surface area contributed by atoms with E-state index in [2.05, 4.69) is 15.3 Å². The zero-order valence-electron chi connectivity index (χ0n) is 14.2. The van der Waals surface area contributed by atoms with Gasteiger partial charge in [-0.15, -0.1) is 0 Å². The normalized spacial score (nSPS) is 14.6. The molecule has 130 valence electrons. The lowest BCUT2D eigenvalue weighted by molar-refractivity contribution is 0.0593. The molecule has 0 bridgehead atoms. The first kappa shape index (κ1) is 16.9. The second-order valence-electron chi connectivity index (χ2n) is 6.08. The second kappa shape index (κ2) is 6.88. The largest absolute Gasteiger partial charge is 0.352 e. The van der Waals surface area contributed by atoms with Crippen LogP contribution in [-0.4, -0.2) is 45.2 Å². The molecule has 7 heteroatoms. The van der Waals surface area contributed by atoms with Crippen LogP contribution in [0.1, 0.15) is 57.0 Å². The number of H-pyrrole nitrogens is 1. The molecule has 0 fully saturated rings. The molecular formula is C18H20N4O3. The van der Waals surface area contributed by atoms with Crippen molar-refractivity contribution in [3.63, 3.8) is 0 Å². The molecule has 0 aliphatic carbocycles. The summed E-state index contributed by atoms with van der Waals surface area (Å²) in [6, 6.07) is 4.47. The summed E-state index contributed by atoms with van der Waals surface area (Å²) in [5, 5.41) is 2.80. The maximum absolute atomic E-state index is 12.5. The van der Waals surface area contributed by atoms with E-state index in [4.69, 9.17) is 0 Å². The number of hydrogen-bond donors (Lipinski definition) is 2. The smallest absolute Gasteiger partial charge is 0.261 e. The first-order valence-electron chi connectivity index (χ1n) is 8.30. The third-order valence-electron chi connectivity index (χ3n) is 4.45. The van der Waals surface area contributed by atoms with Gasteiger partial charge in [0.2, 0.25) is 0 Å². The molecule has 2 aromatic rings. The Morgan fingerprint density at radius 2 is 2.04 bits per heavy atom. The van der Waals surface area contributed by atoms with Crippen molar-refractivity contribution in [2.24, 2.45) is 0 Å². The third kappa shape index (κ3) is 3.17. The number of benzene rings is 1. The molecule has 0 radical (unpaired) electrons. The zero-order chi connectivity index (χ0) is 18.0. The van der Waals surface area contributed by atoms with Crippen molar-refractivity contribution in [2.75, 3.05) is 6.54 Å². The molecule has 0 spiro atoms. The van der Waals surface area contributed by atoms with Crippen LogP contribution >= 0.6 is 0 Å². The van der Waals surface area contributed by atoms with E-state index < -0.39 is 0 Å². The fraction of sp³-hybridized carbons (Fsp3) is 0.333. The first-order chi connectivity index (χ1) is 12.0. The van der Waals surface area contributed by atoms with Gasteiger partial charge in [0, 0.05) is 36.5 Å². The van der Waals surface area contributed by atoms with Crippen LogP contribution in [0, 0.1) is 0 Å². The molecule has 25 heavy (non-hydrogen) atoms. The third-order valence-corrected chi connectivity index (χ3v) is 4.45. The Balaban J connectivity index is 1.71. The molecule has 1 aromatic heterocycles. The molecule has 1 aliphatic heterocycles. The molecular weight excluding hydrogens is 320 g/mol. The molecule has 1 atom stereocenters. The maximum atomic E-state index is 12.5. The molecule has 3 amide bonds. The van der Waals surface area contributed by atoms with Gasteiger partial charge in [-0.25, -0.2) is 4.98 Å². The number of aromatic amines is 1. The lowest BCUT2D eigenvalue weighted by Crippen LogP contribution is -2.37. The number of imidazole rings is 1. The van der Waals surface area contributed by atoms with Gasteiger partial charge in [-0.2, -0.15) is 0 Å². The molecule has 1 unspecified atom stereocenters. The van der Waals surface area contributed by atoms with Crippen LogP contribution < -0.4 is 5.32 Å². The van der Waals surface area contributed by atoms with Crippen molar-refractivity contribution in [2.45, 2.75) is 32.7 Å². The predicted octanol–water partition coefficient (Wildman–Crippen LogP) is 1.78. The lowest BCUT2D eigenvalue weighted by Gasteiger charge is -2.20.